The van der Waals surface area contributed by atoms with Crippen LogP contribution in [-0.4, -0.2) is 26.3 Å². The number of hydrogen-bond donors (Lipinski definition) is 1. The molecular formula is C28H23FN2O3. The largest absolute Gasteiger partial charge is 0.507 e. The number of carbonyl (C=O) groups excluding carboxylic acids is 2. The predicted molar refractivity (Wildman–Crippen MR) is 128 cm³/mol. The summed E-state index contributed by atoms with van der Waals surface area (Å²) < 4.78 is 15.4. The first-order valence-corrected chi connectivity index (χ1v) is 11.0. The minimum atomic E-state index is -0.794. The molecule has 0 bridgehead atoms. The van der Waals surface area contributed by atoms with E-state index in [1.165, 1.54) is 17.0 Å². The molecule has 0 aliphatic carbocycles. The fraction of sp³-hybridized carbons (Fsp3) is 0.143. The summed E-state index contributed by atoms with van der Waals surface area (Å²) in [4.78, 5) is 28.0. The highest BCUT2D eigenvalue weighted by Crippen LogP contribution is 2.43. The van der Waals surface area contributed by atoms with Gasteiger partial charge in [0.25, 0.3) is 11.7 Å². The molecule has 1 unspecified atom stereocenters. The molecule has 1 aliphatic heterocycles. The van der Waals surface area contributed by atoms with Crippen molar-refractivity contribution in [1.29, 1.82) is 0 Å². The zero-order chi connectivity index (χ0) is 24.0. The van der Waals surface area contributed by atoms with Crippen molar-refractivity contribution in [2.24, 2.45) is 7.05 Å². The van der Waals surface area contributed by atoms with Crippen LogP contribution in [0.1, 0.15) is 28.3 Å². The molecule has 3 aromatic carbocycles. The van der Waals surface area contributed by atoms with Gasteiger partial charge in [0.15, 0.2) is 0 Å². The number of para-hydroxylation sites is 1. The average molecular weight is 455 g/mol. The third-order valence-corrected chi connectivity index (χ3v) is 6.35. The van der Waals surface area contributed by atoms with Gasteiger partial charge in [0, 0.05) is 41.8 Å². The molecule has 6 heteroatoms. The molecule has 4 aromatic rings. The number of aliphatic hydroxyl groups is 1. The number of fused-ring (bicyclic) bond motifs is 1. The van der Waals surface area contributed by atoms with E-state index in [2.05, 4.69) is 0 Å². The van der Waals surface area contributed by atoms with Gasteiger partial charge in [-0.25, -0.2) is 4.39 Å². The number of benzene rings is 3. The van der Waals surface area contributed by atoms with Crippen LogP contribution in [0.3, 0.4) is 0 Å². The van der Waals surface area contributed by atoms with Crippen molar-refractivity contribution in [3.05, 3.63) is 113 Å². The van der Waals surface area contributed by atoms with Crippen molar-refractivity contribution in [2.75, 3.05) is 0 Å². The third kappa shape index (κ3) is 3.57. The summed E-state index contributed by atoms with van der Waals surface area (Å²) in [5, 5.41) is 12.1. The number of aliphatic hydroxyl groups excluding tert-OH is 1. The first-order chi connectivity index (χ1) is 16.3. The minimum Gasteiger partial charge on any atom is -0.507 e. The van der Waals surface area contributed by atoms with E-state index in [0.29, 0.717) is 11.1 Å². The second kappa shape index (κ2) is 8.30. The van der Waals surface area contributed by atoms with Crippen LogP contribution in [0.4, 0.5) is 4.39 Å². The number of halogens is 1. The average Bonchev–Trinajstić information content (AvgIpc) is 3.29. The standard InChI is InChI=1S/C28H23FN2O3/c1-17-7-11-19(12-8-17)26(32)24-25(22-16-30(2)23-6-4-3-5-21(22)23)31(28(34)27(24)33)15-18-9-13-20(29)14-10-18/h3-14,16,25,32H,15H2,1-2H3/b26-24+. The van der Waals surface area contributed by atoms with Crippen molar-refractivity contribution in [1.82, 2.24) is 9.47 Å². The molecule has 5 rings (SSSR count). The Hall–Kier alpha value is -4.19. The van der Waals surface area contributed by atoms with E-state index in [4.69, 9.17) is 0 Å². The molecule has 0 radical (unpaired) electrons. The SMILES string of the molecule is Cc1ccc(/C(O)=C2\C(=O)C(=O)N(Cc3ccc(F)cc3)C2c2cn(C)c3ccccc23)cc1. The smallest absolute Gasteiger partial charge is 0.295 e. The molecule has 5 nitrogen and oxygen atoms in total. The van der Waals surface area contributed by atoms with Gasteiger partial charge in [0.2, 0.25) is 0 Å². The van der Waals surface area contributed by atoms with Crippen LogP contribution < -0.4 is 0 Å². The highest BCUT2D eigenvalue weighted by molar-refractivity contribution is 6.46. The molecule has 0 saturated carbocycles. The second-order valence-electron chi connectivity index (χ2n) is 8.63. The van der Waals surface area contributed by atoms with Crippen LogP contribution >= 0.6 is 0 Å². The molecule has 1 atom stereocenters. The number of carbonyl (C=O) groups is 2. The van der Waals surface area contributed by atoms with Crippen molar-refractivity contribution in [3.8, 4) is 0 Å². The molecule has 34 heavy (non-hydrogen) atoms. The second-order valence-corrected chi connectivity index (χ2v) is 8.63. The molecule has 1 N–H and O–H groups in total. The normalized spacial score (nSPS) is 17.6. The van der Waals surface area contributed by atoms with E-state index in [9.17, 15) is 19.1 Å². The van der Waals surface area contributed by atoms with Crippen molar-refractivity contribution in [2.45, 2.75) is 19.5 Å². The van der Waals surface area contributed by atoms with Gasteiger partial charge in [-0.2, -0.15) is 0 Å². The highest BCUT2D eigenvalue weighted by atomic mass is 19.1. The maximum absolute atomic E-state index is 13.5. The zero-order valence-electron chi connectivity index (χ0n) is 18.8. The molecule has 1 saturated heterocycles. The maximum Gasteiger partial charge on any atom is 0.295 e. The summed E-state index contributed by atoms with van der Waals surface area (Å²) in [6.45, 7) is 2.03. The Balaban J connectivity index is 1.72. The summed E-state index contributed by atoms with van der Waals surface area (Å²) in [6.07, 6.45) is 1.89. The van der Waals surface area contributed by atoms with Crippen molar-refractivity contribution < 1.29 is 19.1 Å². The Morgan fingerprint density at radius 2 is 1.65 bits per heavy atom. The number of amides is 1. The number of rotatable bonds is 4. The van der Waals surface area contributed by atoms with E-state index >= 15 is 0 Å². The number of ketones is 1. The number of aryl methyl sites for hydroxylation is 2. The van der Waals surface area contributed by atoms with Gasteiger partial charge in [0.1, 0.15) is 11.6 Å². The molecule has 1 aliphatic rings. The lowest BCUT2D eigenvalue weighted by molar-refractivity contribution is -0.140. The molecular weight excluding hydrogens is 431 g/mol. The van der Waals surface area contributed by atoms with Crippen LogP contribution in [0.15, 0.2) is 84.6 Å². The van der Waals surface area contributed by atoms with Crippen LogP contribution in [-0.2, 0) is 23.2 Å². The van der Waals surface area contributed by atoms with Crippen LogP contribution in [0, 0.1) is 12.7 Å². The predicted octanol–water partition coefficient (Wildman–Crippen LogP) is 5.25. The monoisotopic (exact) mass is 454 g/mol. The van der Waals surface area contributed by atoms with Crippen molar-refractivity contribution in [3.63, 3.8) is 0 Å². The lowest BCUT2D eigenvalue weighted by Crippen LogP contribution is -2.29. The third-order valence-electron chi connectivity index (χ3n) is 6.35. The summed E-state index contributed by atoms with van der Waals surface area (Å²) in [5.74, 6) is -2.03. The lowest BCUT2D eigenvalue weighted by Gasteiger charge is -2.25. The Kier molecular flexibility index (Phi) is 5.28. The Morgan fingerprint density at radius 1 is 0.971 bits per heavy atom. The number of hydrogen-bond acceptors (Lipinski definition) is 3. The van der Waals surface area contributed by atoms with Gasteiger partial charge in [-0.1, -0.05) is 60.2 Å². The Bertz CT molecular complexity index is 1450. The van der Waals surface area contributed by atoms with Crippen molar-refractivity contribution >= 4 is 28.4 Å². The number of likely N-dealkylation sites (tertiary alicyclic amines) is 1. The van der Waals surface area contributed by atoms with E-state index in [-0.39, 0.29) is 23.7 Å². The summed E-state index contributed by atoms with van der Waals surface area (Å²) in [5.41, 5.74) is 3.90. The van der Waals surface area contributed by atoms with E-state index in [1.54, 1.807) is 24.3 Å². The van der Waals surface area contributed by atoms with E-state index < -0.39 is 17.7 Å². The molecule has 170 valence electrons. The van der Waals surface area contributed by atoms with Gasteiger partial charge in [-0.3, -0.25) is 9.59 Å². The van der Waals surface area contributed by atoms with Gasteiger partial charge in [-0.05, 0) is 30.7 Å². The zero-order valence-corrected chi connectivity index (χ0v) is 18.8. The quantitative estimate of drug-likeness (QED) is 0.260. The fourth-order valence-electron chi connectivity index (χ4n) is 4.61. The van der Waals surface area contributed by atoms with E-state index in [1.807, 2.05) is 61.1 Å². The molecule has 1 fully saturated rings. The summed E-state index contributed by atoms with van der Waals surface area (Å²) in [7, 11) is 1.90. The number of aromatic nitrogens is 1. The highest BCUT2D eigenvalue weighted by Gasteiger charge is 2.47. The van der Waals surface area contributed by atoms with Crippen LogP contribution in [0.25, 0.3) is 16.7 Å². The first-order valence-electron chi connectivity index (χ1n) is 11.0. The topological polar surface area (TPSA) is 62.5 Å². The summed E-state index contributed by atoms with van der Waals surface area (Å²) >= 11 is 0. The molecule has 1 aromatic heterocycles. The lowest BCUT2D eigenvalue weighted by atomic mass is 9.94. The van der Waals surface area contributed by atoms with Gasteiger partial charge < -0.3 is 14.6 Å². The van der Waals surface area contributed by atoms with Gasteiger partial charge >= 0.3 is 0 Å². The van der Waals surface area contributed by atoms with Gasteiger partial charge in [0.05, 0.1) is 11.6 Å². The number of nitrogens with zero attached hydrogens (tertiary/aromatic N) is 2. The first kappa shape index (κ1) is 21.6. The molecule has 1 amide bonds. The Labute approximate surface area is 196 Å². The van der Waals surface area contributed by atoms with Crippen LogP contribution in [0.5, 0.6) is 0 Å². The summed E-state index contributed by atoms with van der Waals surface area (Å²) in [6, 6.07) is 19.9. The Morgan fingerprint density at radius 3 is 2.35 bits per heavy atom. The number of Topliss-reactive ketones (excluding diaryl/α,β-unsaturated/α-hetero) is 1. The fourth-order valence-corrected chi connectivity index (χ4v) is 4.61. The van der Waals surface area contributed by atoms with E-state index in [0.717, 1.165) is 22.0 Å². The molecule has 2 heterocycles. The minimum absolute atomic E-state index is 0.0484. The maximum atomic E-state index is 13.5. The van der Waals surface area contributed by atoms with Crippen LogP contribution in [0.2, 0.25) is 0 Å². The van der Waals surface area contributed by atoms with Gasteiger partial charge in [-0.15, -0.1) is 0 Å². The molecule has 0 spiro atoms.